The van der Waals surface area contributed by atoms with Crippen LogP contribution in [0, 0.1) is 5.82 Å². The number of hydrogen-bond donors (Lipinski definition) is 1. The Labute approximate surface area is 112 Å². The molecule has 0 aromatic carbocycles. The Balaban J connectivity index is 1.97. The van der Waals surface area contributed by atoms with E-state index < -0.39 is 0 Å². The maximum atomic E-state index is 12.8. The van der Waals surface area contributed by atoms with Crippen molar-refractivity contribution in [3.05, 3.63) is 36.0 Å². The average Bonchev–Trinajstić information content (AvgIpc) is 2.82. The average molecular weight is 262 g/mol. The van der Waals surface area contributed by atoms with Gasteiger partial charge in [-0.05, 0) is 38.6 Å². The molecule has 0 amide bonds. The van der Waals surface area contributed by atoms with E-state index in [0.717, 1.165) is 13.1 Å². The third-order valence-electron chi connectivity index (χ3n) is 3.42. The minimum atomic E-state index is -0.357. The van der Waals surface area contributed by atoms with Gasteiger partial charge in [-0.25, -0.2) is 4.39 Å². The van der Waals surface area contributed by atoms with E-state index in [1.54, 1.807) is 12.3 Å². The standard InChI is InChI=1S/C14H19FN4/c1-19-6-2-3-13(19)10-17-8-11(7-16)14-5-4-12(15)9-18-14/h4-5,7-9,13H,2-3,6,10,16H2,1H3/b11-7+,17-8?. The van der Waals surface area contributed by atoms with Crippen molar-refractivity contribution < 1.29 is 4.39 Å². The minimum absolute atomic E-state index is 0.357. The van der Waals surface area contributed by atoms with Gasteiger partial charge in [0.2, 0.25) is 0 Å². The highest BCUT2D eigenvalue weighted by Crippen LogP contribution is 2.15. The number of nitrogens with two attached hydrogens (primary N) is 1. The molecule has 1 unspecified atom stereocenters. The Morgan fingerprint density at radius 2 is 2.47 bits per heavy atom. The first-order valence-electron chi connectivity index (χ1n) is 6.44. The first-order chi connectivity index (χ1) is 9.20. The molecule has 0 spiro atoms. The lowest BCUT2D eigenvalue weighted by atomic mass is 10.2. The molecule has 0 bridgehead atoms. The highest BCUT2D eigenvalue weighted by Gasteiger charge is 2.19. The van der Waals surface area contributed by atoms with Gasteiger partial charge in [0, 0.05) is 24.0 Å². The fraction of sp³-hybridized carbons (Fsp3) is 0.429. The second kappa shape index (κ2) is 6.43. The summed E-state index contributed by atoms with van der Waals surface area (Å²) in [4.78, 5) is 10.7. The van der Waals surface area contributed by atoms with Crippen LogP contribution in [0.2, 0.25) is 0 Å². The van der Waals surface area contributed by atoms with Gasteiger partial charge in [-0.1, -0.05) is 0 Å². The zero-order chi connectivity index (χ0) is 13.7. The van der Waals surface area contributed by atoms with Gasteiger partial charge in [-0.2, -0.15) is 0 Å². The summed E-state index contributed by atoms with van der Waals surface area (Å²) in [5, 5.41) is 0. The van der Waals surface area contributed by atoms with Crippen LogP contribution in [-0.4, -0.2) is 42.3 Å². The fourth-order valence-corrected chi connectivity index (χ4v) is 2.22. The van der Waals surface area contributed by atoms with Gasteiger partial charge >= 0.3 is 0 Å². The number of aromatic nitrogens is 1. The first kappa shape index (κ1) is 13.7. The molecule has 4 nitrogen and oxygen atoms in total. The smallest absolute Gasteiger partial charge is 0.141 e. The lowest BCUT2D eigenvalue weighted by Gasteiger charge is -2.16. The van der Waals surface area contributed by atoms with E-state index in [2.05, 4.69) is 21.9 Å². The van der Waals surface area contributed by atoms with E-state index >= 15 is 0 Å². The molecule has 1 aromatic rings. The molecule has 0 saturated carbocycles. The van der Waals surface area contributed by atoms with Crippen LogP contribution >= 0.6 is 0 Å². The Kier molecular flexibility index (Phi) is 4.63. The van der Waals surface area contributed by atoms with Gasteiger partial charge < -0.3 is 10.6 Å². The quantitative estimate of drug-likeness (QED) is 0.840. The summed E-state index contributed by atoms with van der Waals surface area (Å²) in [5.74, 6) is -0.357. The zero-order valence-corrected chi connectivity index (χ0v) is 11.1. The first-order valence-corrected chi connectivity index (χ1v) is 6.44. The van der Waals surface area contributed by atoms with Crippen molar-refractivity contribution in [2.75, 3.05) is 20.1 Å². The molecule has 1 atom stereocenters. The van der Waals surface area contributed by atoms with Crippen molar-refractivity contribution in [3.8, 4) is 0 Å². The van der Waals surface area contributed by atoms with Crippen LogP contribution in [0.4, 0.5) is 4.39 Å². The summed E-state index contributed by atoms with van der Waals surface area (Å²) in [6, 6.07) is 3.48. The molecular formula is C14H19FN4. The van der Waals surface area contributed by atoms with Crippen molar-refractivity contribution in [2.24, 2.45) is 10.7 Å². The molecule has 1 aliphatic rings. The summed E-state index contributed by atoms with van der Waals surface area (Å²) in [5.41, 5.74) is 6.91. The molecule has 2 N–H and O–H groups in total. The van der Waals surface area contributed by atoms with Crippen molar-refractivity contribution in [1.82, 2.24) is 9.88 Å². The van der Waals surface area contributed by atoms with Crippen LogP contribution in [-0.2, 0) is 0 Å². The van der Waals surface area contributed by atoms with E-state index in [4.69, 9.17) is 5.73 Å². The van der Waals surface area contributed by atoms with Crippen molar-refractivity contribution in [3.63, 3.8) is 0 Å². The van der Waals surface area contributed by atoms with Crippen LogP contribution < -0.4 is 5.73 Å². The van der Waals surface area contributed by atoms with Crippen molar-refractivity contribution in [2.45, 2.75) is 18.9 Å². The second-order valence-corrected chi connectivity index (χ2v) is 4.75. The molecule has 2 heterocycles. The van der Waals surface area contributed by atoms with E-state index in [0.29, 0.717) is 17.3 Å². The Morgan fingerprint density at radius 3 is 3.05 bits per heavy atom. The number of rotatable bonds is 4. The normalized spacial score (nSPS) is 21.4. The predicted octanol–water partition coefficient (Wildman–Crippen LogP) is 1.69. The molecule has 19 heavy (non-hydrogen) atoms. The number of allylic oxidation sites excluding steroid dienone is 1. The van der Waals surface area contributed by atoms with Gasteiger partial charge in [0.05, 0.1) is 18.4 Å². The maximum absolute atomic E-state index is 12.8. The van der Waals surface area contributed by atoms with E-state index in [9.17, 15) is 4.39 Å². The summed E-state index contributed by atoms with van der Waals surface area (Å²) in [6.07, 6.45) is 6.76. The van der Waals surface area contributed by atoms with Gasteiger partial charge in [-0.3, -0.25) is 9.98 Å². The number of hydrogen-bond acceptors (Lipinski definition) is 4. The number of aliphatic imine (C=N–C) groups is 1. The Hall–Kier alpha value is -1.75. The summed E-state index contributed by atoms with van der Waals surface area (Å²) in [6.45, 7) is 1.90. The topological polar surface area (TPSA) is 54.5 Å². The van der Waals surface area contributed by atoms with Crippen LogP contribution in [0.3, 0.4) is 0 Å². The van der Waals surface area contributed by atoms with Crippen molar-refractivity contribution in [1.29, 1.82) is 0 Å². The third-order valence-corrected chi connectivity index (χ3v) is 3.42. The fourth-order valence-electron chi connectivity index (χ4n) is 2.22. The van der Waals surface area contributed by atoms with Gasteiger partial charge in [0.25, 0.3) is 0 Å². The summed E-state index contributed by atoms with van der Waals surface area (Å²) in [7, 11) is 2.12. The molecule has 0 radical (unpaired) electrons. The van der Waals surface area contributed by atoms with Gasteiger partial charge in [-0.15, -0.1) is 0 Å². The zero-order valence-electron chi connectivity index (χ0n) is 11.1. The molecule has 1 aliphatic heterocycles. The van der Waals surface area contributed by atoms with Gasteiger partial charge in [0.1, 0.15) is 5.82 Å². The number of likely N-dealkylation sites (N-methyl/N-ethyl adjacent to an activating group) is 1. The molecule has 2 rings (SSSR count). The van der Waals surface area contributed by atoms with Gasteiger partial charge in [0.15, 0.2) is 0 Å². The largest absolute Gasteiger partial charge is 0.404 e. The van der Waals surface area contributed by atoms with Crippen molar-refractivity contribution >= 4 is 11.8 Å². The Morgan fingerprint density at radius 1 is 1.63 bits per heavy atom. The maximum Gasteiger partial charge on any atom is 0.141 e. The molecule has 5 heteroatoms. The van der Waals surface area contributed by atoms with Crippen LogP contribution in [0.1, 0.15) is 18.5 Å². The van der Waals surface area contributed by atoms with E-state index in [1.165, 1.54) is 31.3 Å². The summed E-state index contributed by atoms with van der Waals surface area (Å²) < 4.78 is 12.8. The molecule has 1 saturated heterocycles. The SMILES string of the molecule is CN1CCCC1CN=C/C(=C\N)c1ccc(F)cn1. The number of halogens is 1. The van der Waals surface area contributed by atoms with Crippen LogP contribution in [0.15, 0.2) is 29.5 Å². The number of nitrogens with zero attached hydrogens (tertiary/aromatic N) is 3. The molecular weight excluding hydrogens is 243 g/mol. The molecule has 1 aromatic heterocycles. The summed E-state index contributed by atoms with van der Waals surface area (Å²) >= 11 is 0. The minimum Gasteiger partial charge on any atom is -0.404 e. The molecule has 0 aliphatic carbocycles. The highest BCUT2D eigenvalue weighted by molar-refractivity contribution is 6.08. The lowest BCUT2D eigenvalue weighted by molar-refractivity contribution is 0.318. The van der Waals surface area contributed by atoms with Crippen LogP contribution in [0.5, 0.6) is 0 Å². The predicted molar refractivity (Wildman–Crippen MR) is 75.4 cm³/mol. The Bertz CT molecular complexity index is 467. The molecule has 1 fully saturated rings. The highest BCUT2D eigenvalue weighted by atomic mass is 19.1. The number of pyridine rings is 1. The lowest BCUT2D eigenvalue weighted by Crippen LogP contribution is -2.27. The van der Waals surface area contributed by atoms with Crippen LogP contribution in [0.25, 0.3) is 5.57 Å². The van der Waals surface area contributed by atoms with E-state index in [1.807, 2.05) is 0 Å². The van der Waals surface area contributed by atoms with E-state index in [-0.39, 0.29) is 5.82 Å². The number of likely N-dealkylation sites (tertiary alicyclic amines) is 1. The second-order valence-electron chi connectivity index (χ2n) is 4.75. The third kappa shape index (κ3) is 3.61. The molecule has 102 valence electrons. The monoisotopic (exact) mass is 262 g/mol.